The Balaban J connectivity index is 1.61. The molecule has 4 rings (SSSR count). The summed E-state index contributed by atoms with van der Waals surface area (Å²) in [5.41, 5.74) is 1.98. The Morgan fingerprint density at radius 2 is 2.12 bits per heavy atom. The predicted molar refractivity (Wildman–Crippen MR) is 89.4 cm³/mol. The average Bonchev–Trinajstić information content (AvgIpc) is 3.04. The third-order valence-corrected chi connectivity index (χ3v) is 5.47. The number of aryl methyl sites for hydroxylation is 1. The number of aromatic nitrogens is 2. The number of urea groups is 1. The third kappa shape index (κ3) is 2.20. The molecule has 6 nitrogen and oxygen atoms in total. The minimum absolute atomic E-state index is 0.0899. The number of carbonyl (C=O) groups excluding carboxylic acids is 2. The van der Waals surface area contributed by atoms with Crippen molar-refractivity contribution >= 4 is 17.6 Å². The van der Waals surface area contributed by atoms with Gasteiger partial charge in [-0.2, -0.15) is 0 Å². The second-order valence-corrected chi connectivity index (χ2v) is 7.14. The SMILES string of the molecule is Cc1ccc2nc(CN3C(=O)N[C@@]4(CCCC[C@H]4C)C3=O)cn2c1. The Labute approximate surface area is 140 Å². The predicted octanol–water partition coefficient (Wildman–Crippen LogP) is 2.64. The molecule has 0 bridgehead atoms. The fourth-order valence-corrected chi connectivity index (χ4v) is 4.03. The second-order valence-electron chi connectivity index (χ2n) is 7.14. The maximum atomic E-state index is 13.0. The van der Waals surface area contributed by atoms with Gasteiger partial charge in [-0.25, -0.2) is 9.78 Å². The van der Waals surface area contributed by atoms with E-state index in [1.807, 2.05) is 35.9 Å². The van der Waals surface area contributed by atoms with Gasteiger partial charge in [0.15, 0.2) is 0 Å². The van der Waals surface area contributed by atoms with Gasteiger partial charge < -0.3 is 9.72 Å². The van der Waals surface area contributed by atoms with E-state index in [0.717, 1.165) is 42.6 Å². The number of imide groups is 1. The van der Waals surface area contributed by atoms with Gasteiger partial charge in [-0.05, 0) is 37.3 Å². The molecule has 2 atom stereocenters. The summed E-state index contributed by atoms with van der Waals surface area (Å²) in [4.78, 5) is 31.3. The molecule has 2 fully saturated rings. The monoisotopic (exact) mass is 326 g/mol. The fourth-order valence-electron chi connectivity index (χ4n) is 4.03. The van der Waals surface area contributed by atoms with E-state index in [9.17, 15) is 9.59 Å². The van der Waals surface area contributed by atoms with Crippen LogP contribution >= 0.6 is 0 Å². The van der Waals surface area contributed by atoms with Gasteiger partial charge in [-0.15, -0.1) is 0 Å². The van der Waals surface area contributed by atoms with Crippen LogP contribution in [0.4, 0.5) is 4.79 Å². The van der Waals surface area contributed by atoms with E-state index < -0.39 is 5.54 Å². The first-order valence-electron chi connectivity index (χ1n) is 8.58. The van der Waals surface area contributed by atoms with Crippen molar-refractivity contribution in [1.82, 2.24) is 19.6 Å². The van der Waals surface area contributed by atoms with Crippen LogP contribution in [0.3, 0.4) is 0 Å². The van der Waals surface area contributed by atoms with Gasteiger partial charge >= 0.3 is 6.03 Å². The first kappa shape index (κ1) is 15.2. The number of hydrogen-bond acceptors (Lipinski definition) is 3. The van der Waals surface area contributed by atoms with Gasteiger partial charge in [0.2, 0.25) is 0 Å². The quantitative estimate of drug-likeness (QED) is 0.863. The van der Waals surface area contributed by atoms with Crippen LogP contribution in [0.25, 0.3) is 5.65 Å². The van der Waals surface area contributed by atoms with Crippen molar-refractivity contribution in [1.29, 1.82) is 0 Å². The number of nitrogens with one attached hydrogen (secondary N) is 1. The van der Waals surface area contributed by atoms with E-state index in [-0.39, 0.29) is 24.4 Å². The summed E-state index contributed by atoms with van der Waals surface area (Å²) in [5.74, 6) is 0.0874. The molecule has 0 unspecified atom stereocenters. The number of fused-ring (bicyclic) bond motifs is 1. The number of rotatable bonds is 2. The Kier molecular flexibility index (Phi) is 3.37. The van der Waals surface area contributed by atoms with Crippen LogP contribution < -0.4 is 5.32 Å². The Hall–Kier alpha value is -2.37. The summed E-state index contributed by atoms with van der Waals surface area (Å²) in [6, 6.07) is 3.65. The molecule has 1 saturated heterocycles. The first-order valence-corrected chi connectivity index (χ1v) is 8.58. The molecule has 3 heterocycles. The average molecular weight is 326 g/mol. The van der Waals surface area contributed by atoms with Gasteiger partial charge in [-0.1, -0.05) is 25.8 Å². The molecule has 1 spiro atoms. The molecule has 6 heteroatoms. The third-order valence-electron chi connectivity index (χ3n) is 5.47. The molecule has 3 amide bonds. The molecule has 0 aromatic carbocycles. The molecule has 24 heavy (non-hydrogen) atoms. The summed E-state index contributed by atoms with van der Waals surface area (Å²) in [7, 11) is 0. The van der Waals surface area contributed by atoms with E-state index in [4.69, 9.17) is 0 Å². The number of nitrogens with zero attached hydrogens (tertiary/aromatic N) is 3. The lowest BCUT2D eigenvalue weighted by Gasteiger charge is -2.36. The molecule has 1 saturated carbocycles. The van der Waals surface area contributed by atoms with E-state index in [0.29, 0.717) is 0 Å². The number of amides is 3. The van der Waals surface area contributed by atoms with Crippen molar-refractivity contribution in [2.75, 3.05) is 0 Å². The van der Waals surface area contributed by atoms with Crippen LogP contribution in [0.2, 0.25) is 0 Å². The topological polar surface area (TPSA) is 66.7 Å². The Morgan fingerprint density at radius 1 is 1.29 bits per heavy atom. The molecular formula is C18H22N4O2. The van der Waals surface area contributed by atoms with Crippen molar-refractivity contribution in [3.8, 4) is 0 Å². The highest BCUT2D eigenvalue weighted by molar-refractivity contribution is 6.07. The zero-order chi connectivity index (χ0) is 16.9. The van der Waals surface area contributed by atoms with Crippen LogP contribution in [0, 0.1) is 12.8 Å². The molecule has 2 aromatic rings. The first-order chi connectivity index (χ1) is 11.5. The Morgan fingerprint density at radius 3 is 2.92 bits per heavy atom. The van der Waals surface area contributed by atoms with Crippen LogP contribution in [-0.2, 0) is 11.3 Å². The molecule has 1 aliphatic heterocycles. The van der Waals surface area contributed by atoms with Crippen LogP contribution in [0.5, 0.6) is 0 Å². The van der Waals surface area contributed by atoms with Crippen molar-refractivity contribution in [3.05, 3.63) is 35.8 Å². The molecule has 126 valence electrons. The standard InChI is InChI=1S/C18H22N4O2/c1-12-6-7-15-19-14(10-21(15)9-12)11-22-16(23)18(20-17(22)24)8-4-3-5-13(18)2/h6-7,9-10,13H,3-5,8,11H2,1-2H3,(H,20,24)/t13-,18-/m1/s1. The molecular weight excluding hydrogens is 304 g/mol. The summed E-state index contributed by atoms with van der Waals surface area (Å²) in [5, 5.41) is 2.98. The maximum Gasteiger partial charge on any atom is 0.325 e. The Bertz CT molecular complexity index is 828. The number of pyridine rings is 1. The largest absolute Gasteiger partial charge is 0.325 e. The molecule has 2 aromatic heterocycles. The van der Waals surface area contributed by atoms with E-state index in [1.165, 1.54) is 4.90 Å². The lowest BCUT2D eigenvalue weighted by atomic mass is 9.73. The highest BCUT2D eigenvalue weighted by Gasteiger charge is 2.54. The van der Waals surface area contributed by atoms with Gasteiger partial charge in [-0.3, -0.25) is 9.69 Å². The van der Waals surface area contributed by atoms with Crippen molar-refractivity contribution in [2.45, 2.75) is 51.6 Å². The van der Waals surface area contributed by atoms with Crippen LogP contribution in [0.1, 0.15) is 43.9 Å². The van der Waals surface area contributed by atoms with E-state index in [1.54, 1.807) is 0 Å². The minimum Gasteiger partial charge on any atom is -0.323 e. The second kappa shape index (κ2) is 5.33. The van der Waals surface area contributed by atoms with Crippen LogP contribution in [0.15, 0.2) is 24.5 Å². The summed E-state index contributed by atoms with van der Waals surface area (Å²) >= 11 is 0. The number of hydrogen-bond donors (Lipinski definition) is 1. The van der Waals surface area contributed by atoms with Crippen molar-refractivity contribution < 1.29 is 9.59 Å². The van der Waals surface area contributed by atoms with Crippen molar-refractivity contribution in [2.24, 2.45) is 5.92 Å². The van der Waals surface area contributed by atoms with Crippen molar-refractivity contribution in [3.63, 3.8) is 0 Å². The van der Waals surface area contributed by atoms with E-state index >= 15 is 0 Å². The van der Waals surface area contributed by atoms with Gasteiger partial charge in [0.25, 0.3) is 5.91 Å². The highest BCUT2D eigenvalue weighted by atomic mass is 16.2. The summed E-state index contributed by atoms with van der Waals surface area (Å²) < 4.78 is 1.93. The highest BCUT2D eigenvalue weighted by Crippen LogP contribution is 2.38. The number of imidazole rings is 1. The van der Waals surface area contributed by atoms with Gasteiger partial charge in [0, 0.05) is 12.4 Å². The fraction of sp³-hybridized carbons (Fsp3) is 0.500. The molecule has 1 N–H and O–H groups in total. The molecule has 2 aliphatic rings. The molecule has 1 aliphatic carbocycles. The minimum atomic E-state index is -0.703. The zero-order valence-corrected chi connectivity index (χ0v) is 14.1. The van der Waals surface area contributed by atoms with Gasteiger partial charge in [0.1, 0.15) is 11.2 Å². The molecule has 0 radical (unpaired) electrons. The summed E-state index contributed by atoms with van der Waals surface area (Å²) in [6.07, 6.45) is 7.70. The van der Waals surface area contributed by atoms with Gasteiger partial charge in [0.05, 0.1) is 12.2 Å². The summed E-state index contributed by atoms with van der Waals surface area (Å²) in [6.45, 7) is 4.30. The normalized spacial score (nSPS) is 27.2. The van der Waals surface area contributed by atoms with Crippen LogP contribution in [-0.4, -0.2) is 31.8 Å². The zero-order valence-electron chi connectivity index (χ0n) is 14.1. The smallest absolute Gasteiger partial charge is 0.323 e. The number of carbonyl (C=O) groups is 2. The lowest BCUT2D eigenvalue weighted by molar-refractivity contribution is -0.134. The lowest BCUT2D eigenvalue weighted by Crippen LogP contribution is -2.53. The van der Waals surface area contributed by atoms with E-state index in [2.05, 4.69) is 17.2 Å². The maximum absolute atomic E-state index is 13.0.